The third kappa shape index (κ3) is 3.57. The Labute approximate surface area is 109 Å². The monoisotopic (exact) mass is 249 g/mol. The number of aliphatic hydroxyl groups excluding tert-OH is 1. The highest BCUT2D eigenvalue weighted by atomic mass is 16.3. The van der Waals surface area contributed by atoms with Gasteiger partial charge < -0.3 is 10.0 Å². The first kappa shape index (κ1) is 14.7. The smallest absolute Gasteiger partial charge is 0.228 e. The van der Waals surface area contributed by atoms with Gasteiger partial charge >= 0.3 is 0 Å². The number of nitrogens with zero attached hydrogens (tertiary/aromatic N) is 1. The summed E-state index contributed by atoms with van der Waals surface area (Å²) in [5, 5.41) is 9.14. The molecular formula is C15H23NO2. The molecule has 0 heterocycles. The van der Waals surface area contributed by atoms with Gasteiger partial charge in [0.05, 0.1) is 12.5 Å². The van der Waals surface area contributed by atoms with Crippen LogP contribution in [0, 0.1) is 19.8 Å². The van der Waals surface area contributed by atoms with Crippen molar-refractivity contribution in [3.05, 3.63) is 34.9 Å². The second kappa shape index (κ2) is 6.55. The predicted molar refractivity (Wildman–Crippen MR) is 73.3 cm³/mol. The van der Waals surface area contributed by atoms with E-state index in [4.69, 9.17) is 5.11 Å². The average molecular weight is 249 g/mol. The highest BCUT2D eigenvalue weighted by molar-refractivity contribution is 5.78. The van der Waals surface area contributed by atoms with Gasteiger partial charge in [-0.25, -0.2) is 0 Å². The van der Waals surface area contributed by atoms with Gasteiger partial charge in [0.2, 0.25) is 5.91 Å². The van der Waals surface area contributed by atoms with Crippen LogP contribution in [0.3, 0.4) is 0 Å². The summed E-state index contributed by atoms with van der Waals surface area (Å²) < 4.78 is 0. The van der Waals surface area contributed by atoms with Crippen molar-refractivity contribution in [2.24, 2.45) is 5.92 Å². The van der Waals surface area contributed by atoms with Crippen LogP contribution in [0.2, 0.25) is 0 Å². The molecule has 1 atom stereocenters. The van der Waals surface area contributed by atoms with E-state index in [0.29, 0.717) is 13.0 Å². The molecule has 100 valence electrons. The zero-order chi connectivity index (χ0) is 13.7. The van der Waals surface area contributed by atoms with Crippen molar-refractivity contribution in [3.8, 4) is 0 Å². The van der Waals surface area contributed by atoms with Gasteiger partial charge in [0.1, 0.15) is 0 Å². The van der Waals surface area contributed by atoms with Crippen LogP contribution in [0.5, 0.6) is 0 Å². The van der Waals surface area contributed by atoms with Crippen molar-refractivity contribution in [2.75, 3.05) is 13.7 Å². The van der Waals surface area contributed by atoms with Crippen molar-refractivity contribution in [1.82, 2.24) is 4.90 Å². The molecule has 1 amide bonds. The Hall–Kier alpha value is -1.35. The molecule has 0 saturated carbocycles. The Morgan fingerprint density at radius 1 is 1.33 bits per heavy atom. The normalized spacial score (nSPS) is 12.3. The molecule has 0 aliphatic heterocycles. The van der Waals surface area contributed by atoms with Crippen molar-refractivity contribution in [2.45, 2.75) is 33.7 Å². The third-order valence-electron chi connectivity index (χ3n) is 3.43. The molecule has 0 saturated heterocycles. The fourth-order valence-electron chi connectivity index (χ4n) is 1.95. The Balaban J connectivity index is 2.71. The number of carbonyl (C=O) groups is 1. The second-order valence-corrected chi connectivity index (χ2v) is 4.90. The van der Waals surface area contributed by atoms with Crippen LogP contribution in [0.4, 0.5) is 0 Å². The van der Waals surface area contributed by atoms with E-state index in [9.17, 15) is 4.79 Å². The molecular weight excluding hydrogens is 226 g/mol. The van der Waals surface area contributed by atoms with Crippen LogP contribution in [0.15, 0.2) is 18.2 Å². The molecule has 1 unspecified atom stereocenters. The molecule has 1 aromatic rings. The number of hydrogen-bond donors (Lipinski definition) is 1. The highest BCUT2D eigenvalue weighted by Crippen LogP contribution is 2.13. The van der Waals surface area contributed by atoms with Crippen molar-refractivity contribution in [3.63, 3.8) is 0 Å². The van der Waals surface area contributed by atoms with Crippen molar-refractivity contribution in [1.29, 1.82) is 0 Å². The molecule has 0 aliphatic carbocycles. The van der Waals surface area contributed by atoms with Crippen molar-refractivity contribution < 1.29 is 9.90 Å². The number of aryl methyl sites for hydroxylation is 2. The van der Waals surface area contributed by atoms with Gasteiger partial charge in [0.15, 0.2) is 0 Å². The molecule has 0 aliphatic rings. The maximum Gasteiger partial charge on any atom is 0.228 e. The maximum absolute atomic E-state index is 12.0. The predicted octanol–water partition coefficient (Wildman–Crippen LogP) is 2.28. The summed E-state index contributed by atoms with van der Waals surface area (Å²) >= 11 is 0. The van der Waals surface area contributed by atoms with Crippen LogP contribution in [0.25, 0.3) is 0 Å². The van der Waals surface area contributed by atoms with E-state index in [1.165, 1.54) is 11.1 Å². The molecule has 1 rings (SSSR count). The highest BCUT2D eigenvalue weighted by Gasteiger charge is 2.19. The van der Waals surface area contributed by atoms with Crippen LogP contribution >= 0.6 is 0 Å². The molecule has 0 radical (unpaired) electrons. The van der Waals surface area contributed by atoms with E-state index in [1.54, 1.807) is 11.9 Å². The summed E-state index contributed by atoms with van der Waals surface area (Å²) in [6.07, 6.45) is 0.673. The van der Waals surface area contributed by atoms with Gasteiger partial charge in [-0.1, -0.05) is 25.1 Å². The third-order valence-corrected chi connectivity index (χ3v) is 3.43. The number of carbonyl (C=O) groups excluding carboxylic acids is 1. The quantitative estimate of drug-likeness (QED) is 0.869. The first-order valence-electron chi connectivity index (χ1n) is 6.41. The average Bonchev–Trinajstić information content (AvgIpc) is 2.35. The van der Waals surface area contributed by atoms with E-state index in [-0.39, 0.29) is 18.4 Å². The first-order chi connectivity index (χ1) is 8.49. The van der Waals surface area contributed by atoms with Gasteiger partial charge in [0, 0.05) is 13.6 Å². The fraction of sp³-hybridized carbons (Fsp3) is 0.533. The molecule has 1 aromatic carbocycles. The lowest BCUT2D eigenvalue weighted by Gasteiger charge is -2.22. The van der Waals surface area contributed by atoms with Gasteiger partial charge in [0.25, 0.3) is 0 Å². The van der Waals surface area contributed by atoms with Crippen LogP contribution in [-0.2, 0) is 11.3 Å². The van der Waals surface area contributed by atoms with Gasteiger partial charge in [-0.3, -0.25) is 4.79 Å². The van der Waals surface area contributed by atoms with Gasteiger partial charge in [-0.05, 0) is 37.0 Å². The summed E-state index contributed by atoms with van der Waals surface area (Å²) in [6, 6.07) is 6.23. The number of hydrogen-bond acceptors (Lipinski definition) is 2. The molecule has 0 fully saturated rings. The Morgan fingerprint density at radius 2 is 2.00 bits per heavy atom. The van der Waals surface area contributed by atoms with E-state index in [1.807, 2.05) is 13.0 Å². The lowest BCUT2D eigenvalue weighted by atomic mass is 10.0. The molecule has 3 nitrogen and oxygen atoms in total. The molecule has 0 bridgehead atoms. The second-order valence-electron chi connectivity index (χ2n) is 4.90. The van der Waals surface area contributed by atoms with Gasteiger partial charge in [-0.15, -0.1) is 0 Å². The number of aliphatic hydroxyl groups is 1. The topological polar surface area (TPSA) is 40.5 Å². The number of benzene rings is 1. The summed E-state index contributed by atoms with van der Waals surface area (Å²) in [5.41, 5.74) is 3.62. The SMILES string of the molecule is CCC(CO)C(=O)N(C)Cc1ccc(C)c(C)c1. The largest absolute Gasteiger partial charge is 0.396 e. The number of amides is 1. The summed E-state index contributed by atoms with van der Waals surface area (Å²) in [4.78, 5) is 13.7. The molecule has 3 heteroatoms. The fourth-order valence-corrected chi connectivity index (χ4v) is 1.95. The first-order valence-corrected chi connectivity index (χ1v) is 6.41. The Morgan fingerprint density at radius 3 is 2.50 bits per heavy atom. The Bertz CT molecular complexity index is 411. The lowest BCUT2D eigenvalue weighted by molar-refractivity contribution is -0.136. The van der Waals surface area contributed by atoms with E-state index < -0.39 is 0 Å². The minimum atomic E-state index is -0.276. The maximum atomic E-state index is 12.0. The Kier molecular flexibility index (Phi) is 5.35. The molecule has 0 spiro atoms. The molecule has 1 N–H and O–H groups in total. The minimum absolute atomic E-state index is 0.0122. The van der Waals surface area contributed by atoms with Crippen molar-refractivity contribution >= 4 is 5.91 Å². The molecule has 18 heavy (non-hydrogen) atoms. The summed E-state index contributed by atoms with van der Waals surface area (Å²) in [7, 11) is 1.79. The zero-order valence-corrected chi connectivity index (χ0v) is 11.7. The molecule has 0 aromatic heterocycles. The summed E-state index contributed by atoms with van der Waals surface area (Å²) in [5.74, 6) is -0.264. The van der Waals surface area contributed by atoms with Crippen LogP contribution in [-0.4, -0.2) is 29.6 Å². The summed E-state index contributed by atoms with van der Waals surface area (Å²) in [6.45, 7) is 6.59. The van der Waals surface area contributed by atoms with E-state index >= 15 is 0 Å². The van der Waals surface area contributed by atoms with Gasteiger partial charge in [-0.2, -0.15) is 0 Å². The van der Waals surface area contributed by atoms with E-state index in [2.05, 4.69) is 26.0 Å². The lowest BCUT2D eigenvalue weighted by Crippen LogP contribution is -2.34. The standard InChI is InChI=1S/C15H23NO2/c1-5-14(10-17)15(18)16(4)9-13-7-6-11(2)12(3)8-13/h6-8,14,17H,5,9-10H2,1-4H3. The number of rotatable bonds is 5. The zero-order valence-electron chi connectivity index (χ0n) is 11.7. The van der Waals surface area contributed by atoms with Crippen LogP contribution in [0.1, 0.15) is 30.0 Å². The minimum Gasteiger partial charge on any atom is -0.396 e. The van der Waals surface area contributed by atoms with Crippen LogP contribution < -0.4 is 0 Å². The van der Waals surface area contributed by atoms with E-state index in [0.717, 1.165) is 5.56 Å².